The Kier molecular flexibility index (Phi) is 4.14. The third-order valence-corrected chi connectivity index (χ3v) is 3.88. The lowest BCUT2D eigenvalue weighted by molar-refractivity contribution is 0.0605. The van der Waals surface area contributed by atoms with Crippen LogP contribution in [0.5, 0.6) is 0 Å². The Bertz CT molecular complexity index is 407. The van der Waals surface area contributed by atoms with Crippen LogP contribution in [-0.4, -0.2) is 24.1 Å². The maximum absolute atomic E-state index is 11.5. The van der Waals surface area contributed by atoms with E-state index in [4.69, 9.17) is 4.74 Å². The molecule has 0 amide bonds. The van der Waals surface area contributed by atoms with Gasteiger partial charge in [-0.1, -0.05) is 32.1 Å². The Balaban J connectivity index is 2.84. The summed E-state index contributed by atoms with van der Waals surface area (Å²) in [6.07, 6.45) is 0. The van der Waals surface area contributed by atoms with E-state index in [9.17, 15) is 4.79 Å². The van der Waals surface area contributed by atoms with Crippen LogP contribution >= 0.6 is 11.3 Å². The van der Waals surface area contributed by atoms with Gasteiger partial charge in [0.1, 0.15) is 4.88 Å². The van der Waals surface area contributed by atoms with Gasteiger partial charge in [-0.05, 0) is 19.3 Å². The lowest BCUT2D eigenvalue weighted by Crippen LogP contribution is -2.30. The first-order valence-corrected chi connectivity index (χ1v) is 6.39. The number of aromatic nitrogens is 1. The van der Waals surface area contributed by atoms with Gasteiger partial charge in [0.25, 0.3) is 0 Å². The molecule has 17 heavy (non-hydrogen) atoms. The third kappa shape index (κ3) is 3.43. The van der Waals surface area contributed by atoms with Gasteiger partial charge >= 0.3 is 5.97 Å². The number of nitrogens with zero attached hydrogens (tertiary/aromatic N) is 1. The molecule has 4 nitrogen and oxygen atoms in total. The molecule has 0 fully saturated rings. The van der Waals surface area contributed by atoms with Crippen LogP contribution in [0.3, 0.4) is 0 Å². The summed E-state index contributed by atoms with van der Waals surface area (Å²) in [5, 5.41) is 4.09. The highest BCUT2D eigenvalue weighted by Gasteiger charge is 2.22. The Hall–Kier alpha value is -1.10. The van der Waals surface area contributed by atoms with Gasteiger partial charge in [-0.3, -0.25) is 0 Å². The van der Waals surface area contributed by atoms with Crippen molar-refractivity contribution < 1.29 is 9.53 Å². The van der Waals surface area contributed by atoms with Crippen molar-refractivity contribution in [2.24, 2.45) is 5.41 Å². The van der Waals surface area contributed by atoms with E-state index in [1.165, 1.54) is 18.4 Å². The predicted octanol–water partition coefficient (Wildman–Crippen LogP) is 3.08. The fraction of sp³-hybridized carbons (Fsp3) is 0.667. The average molecular weight is 256 g/mol. The number of hydrogen-bond acceptors (Lipinski definition) is 5. The molecule has 0 aliphatic carbocycles. The van der Waals surface area contributed by atoms with Gasteiger partial charge in [-0.15, -0.1) is 0 Å². The van der Waals surface area contributed by atoms with Crippen molar-refractivity contribution in [2.45, 2.75) is 40.7 Å². The molecule has 0 saturated heterocycles. The molecule has 0 saturated carbocycles. The van der Waals surface area contributed by atoms with Crippen LogP contribution in [0.4, 0.5) is 5.13 Å². The van der Waals surface area contributed by atoms with Crippen molar-refractivity contribution in [3.8, 4) is 0 Å². The molecule has 0 radical (unpaired) electrons. The second-order valence-corrected chi connectivity index (χ2v) is 6.16. The molecule has 1 aromatic heterocycles. The van der Waals surface area contributed by atoms with Gasteiger partial charge in [-0.2, -0.15) is 0 Å². The minimum Gasteiger partial charge on any atom is -0.465 e. The monoisotopic (exact) mass is 256 g/mol. The second-order valence-electron chi connectivity index (χ2n) is 5.16. The van der Waals surface area contributed by atoms with Crippen molar-refractivity contribution in [1.82, 2.24) is 4.98 Å². The highest BCUT2D eigenvalue weighted by molar-refractivity contribution is 7.17. The zero-order valence-electron chi connectivity index (χ0n) is 11.2. The van der Waals surface area contributed by atoms with Gasteiger partial charge in [0.05, 0.1) is 12.8 Å². The number of aryl methyl sites for hydroxylation is 1. The zero-order valence-corrected chi connectivity index (χ0v) is 12.1. The summed E-state index contributed by atoms with van der Waals surface area (Å²) >= 11 is 1.34. The van der Waals surface area contributed by atoms with E-state index >= 15 is 0 Å². The quantitative estimate of drug-likeness (QED) is 0.844. The van der Waals surface area contributed by atoms with E-state index in [0.717, 1.165) is 5.13 Å². The highest BCUT2D eigenvalue weighted by Crippen LogP contribution is 2.27. The normalized spacial score (nSPS) is 13.3. The van der Waals surface area contributed by atoms with Crippen LogP contribution in [-0.2, 0) is 4.74 Å². The van der Waals surface area contributed by atoms with E-state index in [2.05, 4.69) is 38.0 Å². The van der Waals surface area contributed by atoms with Crippen LogP contribution in [0.1, 0.15) is 43.1 Å². The Morgan fingerprint density at radius 1 is 1.47 bits per heavy atom. The molecule has 0 bridgehead atoms. The number of nitrogens with one attached hydrogen (secondary N) is 1. The topological polar surface area (TPSA) is 51.2 Å². The molecular weight excluding hydrogens is 236 g/mol. The van der Waals surface area contributed by atoms with Crippen LogP contribution < -0.4 is 5.32 Å². The Morgan fingerprint density at radius 2 is 2.06 bits per heavy atom. The largest absolute Gasteiger partial charge is 0.465 e. The molecule has 1 rings (SSSR count). The predicted molar refractivity (Wildman–Crippen MR) is 70.7 cm³/mol. The van der Waals surface area contributed by atoms with Gasteiger partial charge in [0.2, 0.25) is 0 Å². The van der Waals surface area contributed by atoms with Crippen LogP contribution in [0.15, 0.2) is 0 Å². The van der Waals surface area contributed by atoms with Crippen molar-refractivity contribution >= 4 is 22.4 Å². The summed E-state index contributed by atoms with van der Waals surface area (Å²) in [6, 6.07) is 0.276. The van der Waals surface area contributed by atoms with Crippen LogP contribution in [0.25, 0.3) is 0 Å². The number of methoxy groups -OCH3 is 1. The fourth-order valence-electron chi connectivity index (χ4n) is 1.14. The minimum absolute atomic E-state index is 0.144. The molecule has 1 unspecified atom stereocenters. The molecule has 1 atom stereocenters. The number of carbonyl (C=O) groups is 1. The maximum atomic E-state index is 11.5. The van der Waals surface area contributed by atoms with Gasteiger partial charge in [0, 0.05) is 6.04 Å². The Morgan fingerprint density at radius 3 is 2.53 bits per heavy atom. The smallest absolute Gasteiger partial charge is 0.350 e. The summed E-state index contributed by atoms with van der Waals surface area (Å²) in [5.74, 6) is -0.323. The van der Waals surface area contributed by atoms with E-state index in [1.54, 1.807) is 0 Å². The van der Waals surface area contributed by atoms with Crippen LogP contribution in [0.2, 0.25) is 0 Å². The summed E-state index contributed by atoms with van der Waals surface area (Å²) < 4.78 is 4.71. The first kappa shape index (κ1) is 14.0. The molecule has 1 N–H and O–H groups in total. The number of rotatable bonds is 3. The van der Waals surface area contributed by atoms with Crippen molar-refractivity contribution in [1.29, 1.82) is 0 Å². The summed E-state index contributed by atoms with van der Waals surface area (Å²) in [7, 11) is 1.38. The lowest BCUT2D eigenvalue weighted by Gasteiger charge is -2.27. The molecule has 1 heterocycles. The van der Waals surface area contributed by atoms with Crippen molar-refractivity contribution in [2.75, 3.05) is 12.4 Å². The number of ether oxygens (including phenoxy) is 1. The molecule has 0 aromatic carbocycles. The third-order valence-electron chi connectivity index (χ3n) is 2.81. The minimum atomic E-state index is -0.323. The molecule has 0 spiro atoms. The van der Waals surface area contributed by atoms with Crippen molar-refractivity contribution in [3.05, 3.63) is 10.6 Å². The SMILES string of the molecule is COC(=O)c1sc(NC(C)C(C)(C)C)nc1C. The summed E-state index contributed by atoms with van der Waals surface area (Å²) in [4.78, 5) is 16.4. The molecule has 1 aromatic rings. The zero-order chi connectivity index (χ0) is 13.2. The highest BCUT2D eigenvalue weighted by atomic mass is 32.1. The Labute approximate surface area is 106 Å². The van der Waals surface area contributed by atoms with Gasteiger partial charge in [0.15, 0.2) is 5.13 Å². The van der Waals surface area contributed by atoms with E-state index < -0.39 is 0 Å². The van der Waals surface area contributed by atoms with E-state index in [0.29, 0.717) is 10.6 Å². The van der Waals surface area contributed by atoms with Gasteiger partial charge in [-0.25, -0.2) is 9.78 Å². The maximum Gasteiger partial charge on any atom is 0.350 e. The second kappa shape index (κ2) is 5.04. The van der Waals surface area contributed by atoms with E-state index in [-0.39, 0.29) is 17.4 Å². The fourth-order valence-corrected chi connectivity index (χ4v) is 2.11. The average Bonchev–Trinajstić information content (AvgIpc) is 2.57. The summed E-state index contributed by atoms with van der Waals surface area (Å²) in [5.41, 5.74) is 0.857. The van der Waals surface area contributed by atoms with Crippen LogP contribution in [0, 0.1) is 12.3 Å². The lowest BCUT2D eigenvalue weighted by atomic mass is 9.88. The molecule has 0 aliphatic heterocycles. The molecular formula is C12H20N2O2S. The first-order valence-electron chi connectivity index (χ1n) is 5.58. The number of carbonyl (C=O) groups excluding carboxylic acids is 1. The molecule has 5 heteroatoms. The summed E-state index contributed by atoms with van der Waals surface area (Å²) in [6.45, 7) is 10.4. The van der Waals surface area contributed by atoms with Crippen molar-refractivity contribution in [3.63, 3.8) is 0 Å². The molecule has 0 aliphatic rings. The number of thiazole rings is 1. The number of anilines is 1. The standard InChI is InChI=1S/C12H20N2O2S/c1-7-9(10(15)16-6)17-11(13-7)14-8(2)12(3,4)5/h8H,1-6H3,(H,13,14). The number of esters is 1. The number of hydrogen-bond donors (Lipinski definition) is 1. The first-order chi connectivity index (χ1) is 7.75. The van der Waals surface area contributed by atoms with Gasteiger partial charge < -0.3 is 10.1 Å². The van der Waals surface area contributed by atoms with E-state index in [1.807, 2.05) is 6.92 Å². The molecule has 96 valence electrons.